The molecule has 1 aromatic heterocycles. The molecular formula is C50H62N4O12. The van der Waals surface area contributed by atoms with Crippen LogP contribution >= 0.6 is 0 Å². The number of anilines is 1. The van der Waals surface area contributed by atoms with E-state index in [4.69, 9.17) is 38.9 Å². The highest BCUT2D eigenvalue weighted by Crippen LogP contribution is 2.37. The molecule has 0 bridgehead atoms. The maximum absolute atomic E-state index is 13.5. The van der Waals surface area contributed by atoms with E-state index in [9.17, 15) is 24.0 Å². The fourth-order valence-electron chi connectivity index (χ4n) is 8.13. The molecule has 16 nitrogen and oxygen atoms in total. The molecule has 3 aromatic carbocycles. The van der Waals surface area contributed by atoms with E-state index in [2.05, 4.69) is 17.2 Å². The van der Waals surface area contributed by atoms with Crippen LogP contribution in [0.5, 0.6) is 0 Å². The third-order valence-corrected chi connectivity index (χ3v) is 11.9. The molecule has 16 heteroatoms. The standard InChI is InChI=1S/C50H62N4O12/c1-4-38-33(2)43(45(63-38)54-29-27-40(51)53-50(54)59)60-30-18-6-5-17-28-52-41(55)26-16-19-31-61-49-34(3)42(65-47(57)36-22-12-8-13-23-36)44(66-48(58)37-24-14-9-15-25-37)39(64-49)32-62-46(56)35-20-10-7-11-21-35/h7-15,20-25,27,29,33-34,38-39,42-45,49H,4-6,16-19,26,28,30-32H2,1-3H3,(H,52,55)(H2,51,53,59)/t33?,34-,38-,39-,42-,43+,44+,45-,49-/m1/s1. The molecule has 9 atom stereocenters. The van der Waals surface area contributed by atoms with Crippen molar-refractivity contribution in [3.8, 4) is 0 Å². The van der Waals surface area contributed by atoms with Gasteiger partial charge in [0, 0.05) is 44.2 Å². The summed E-state index contributed by atoms with van der Waals surface area (Å²) in [7, 11) is 0. The van der Waals surface area contributed by atoms with E-state index in [1.54, 1.807) is 110 Å². The maximum Gasteiger partial charge on any atom is 0.351 e. The van der Waals surface area contributed by atoms with Gasteiger partial charge in [0.25, 0.3) is 0 Å². The Labute approximate surface area is 385 Å². The average Bonchev–Trinajstić information content (AvgIpc) is 3.65. The molecule has 0 spiro atoms. The monoisotopic (exact) mass is 910 g/mol. The van der Waals surface area contributed by atoms with Gasteiger partial charge in [0.1, 0.15) is 30.7 Å². The Balaban J connectivity index is 0.955. The summed E-state index contributed by atoms with van der Waals surface area (Å²) < 4.78 is 44.3. The smallest absolute Gasteiger partial charge is 0.351 e. The van der Waals surface area contributed by atoms with E-state index in [0.717, 1.165) is 32.1 Å². The number of nitrogens with one attached hydrogen (secondary N) is 1. The topological polar surface area (TPSA) is 206 Å². The van der Waals surface area contributed by atoms with E-state index in [1.165, 1.54) is 4.57 Å². The van der Waals surface area contributed by atoms with Crippen LogP contribution in [0.15, 0.2) is 108 Å². The molecule has 1 amide bonds. The van der Waals surface area contributed by atoms with E-state index in [-0.39, 0.29) is 48.6 Å². The molecule has 2 aliphatic heterocycles. The predicted molar refractivity (Wildman–Crippen MR) is 243 cm³/mol. The van der Waals surface area contributed by atoms with Crippen LogP contribution in [0.4, 0.5) is 5.82 Å². The first kappa shape index (κ1) is 49.5. The number of hydrogen-bond donors (Lipinski definition) is 2. The Kier molecular flexibility index (Phi) is 18.8. The first-order valence-electron chi connectivity index (χ1n) is 22.9. The van der Waals surface area contributed by atoms with Gasteiger partial charge in [-0.15, -0.1) is 0 Å². The minimum atomic E-state index is -1.18. The van der Waals surface area contributed by atoms with E-state index >= 15 is 0 Å². The summed E-state index contributed by atoms with van der Waals surface area (Å²) in [6, 6.07) is 26.9. The molecule has 0 saturated carbocycles. The highest BCUT2D eigenvalue weighted by atomic mass is 16.7. The number of esters is 3. The summed E-state index contributed by atoms with van der Waals surface area (Å²) in [5.74, 6) is -2.34. The van der Waals surface area contributed by atoms with E-state index < -0.39 is 60.3 Å². The SMILES string of the molecule is CC[C@H]1O[C@@H](n2ccc(N)nc2=O)[C@@H](OCCCCCCNC(=O)CCCCO[C@@H]2O[C@H](COC(=O)c3ccccc3)[C@H](OC(=O)c3ccccc3)[C@H](OC(=O)c3ccccc3)[C@H]2C)C1C. The molecule has 4 aromatic rings. The molecule has 3 heterocycles. The van der Waals surface area contributed by atoms with E-state index in [0.29, 0.717) is 43.5 Å². The summed E-state index contributed by atoms with van der Waals surface area (Å²) in [4.78, 5) is 69.1. The van der Waals surface area contributed by atoms with Crippen molar-refractivity contribution in [2.24, 2.45) is 11.8 Å². The minimum absolute atomic E-state index is 0.0347. The van der Waals surface area contributed by atoms with Crippen molar-refractivity contribution in [2.45, 2.75) is 115 Å². The zero-order valence-corrected chi connectivity index (χ0v) is 37.9. The second-order valence-corrected chi connectivity index (χ2v) is 16.6. The summed E-state index contributed by atoms with van der Waals surface area (Å²) in [6.07, 6.45) is 2.12. The Morgan fingerprint density at radius 3 is 1.86 bits per heavy atom. The quantitative estimate of drug-likeness (QED) is 0.0452. The number of hydrogen-bond acceptors (Lipinski definition) is 14. The van der Waals surface area contributed by atoms with Crippen molar-refractivity contribution in [1.29, 1.82) is 0 Å². The van der Waals surface area contributed by atoms with Crippen LogP contribution in [0.25, 0.3) is 0 Å². The van der Waals surface area contributed by atoms with Gasteiger partial charge in [-0.05, 0) is 74.6 Å². The van der Waals surface area contributed by atoms with Gasteiger partial charge in [0.15, 0.2) is 18.6 Å². The van der Waals surface area contributed by atoms with Crippen molar-refractivity contribution >= 4 is 29.6 Å². The van der Waals surface area contributed by atoms with Gasteiger partial charge in [-0.25, -0.2) is 19.2 Å². The fraction of sp³-hybridized carbons (Fsp3) is 0.480. The Morgan fingerprint density at radius 1 is 0.667 bits per heavy atom. The zero-order valence-electron chi connectivity index (χ0n) is 37.9. The summed E-state index contributed by atoms with van der Waals surface area (Å²) in [6.45, 7) is 6.86. The molecule has 0 radical (unpaired) electrons. The Morgan fingerprint density at radius 2 is 1.24 bits per heavy atom. The molecular weight excluding hydrogens is 849 g/mol. The van der Waals surface area contributed by atoms with Crippen LogP contribution in [-0.4, -0.2) is 96.5 Å². The number of nitrogens with two attached hydrogens (primary N) is 1. The zero-order chi connectivity index (χ0) is 46.8. The molecule has 2 saturated heterocycles. The second kappa shape index (κ2) is 25.1. The molecule has 3 N–H and O–H groups in total. The van der Waals surface area contributed by atoms with Gasteiger partial charge >= 0.3 is 23.6 Å². The van der Waals surface area contributed by atoms with Crippen molar-refractivity contribution in [3.63, 3.8) is 0 Å². The Hall–Kier alpha value is -5.94. The van der Waals surface area contributed by atoms with Crippen molar-refractivity contribution in [1.82, 2.24) is 14.9 Å². The number of benzene rings is 3. The molecule has 2 aliphatic rings. The molecule has 66 heavy (non-hydrogen) atoms. The maximum atomic E-state index is 13.5. The molecule has 6 rings (SSSR count). The lowest BCUT2D eigenvalue weighted by Gasteiger charge is -2.44. The minimum Gasteiger partial charge on any atom is -0.459 e. The normalized spacial score (nSPS) is 23.7. The van der Waals surface area contributed by atoms with Gasteiger partial charge in [0.05, 0.1) is 22.8 Å². The molecule has 354 valence electrons. The van der Waals surface area contributed by atoms with Gasteiger partial charge in [-0.1, -0.05) is 88.2 Å². The highest BCUT2D eigenvalue weighted by Gasteiger charge is 2.50. The number of nitrogen functional groups attached to an aromatic ring is 1. The molecule has 1 unspecified atom stereocenters. The summed E-state index contributed by atoms with van der Waals surface area (Å²) in [5, 5.41) is 3.00. The number of amides is 1. The number of carbonyl (C=O) groups is 4. The number of nitrogens with zero attached hydrogens (tertiary/aromatic N) is 2. The lowest BCUT2D eigenvalue weighted by atomic mass is 9.91. The number of unbranched alkanes of at least 4 members (excludes halogenated alkanes) is 4. The number of rotatable bonds is 23. The van der Waals surface area contributed by atoms with Gasteiger partial charge in [-0.2, -0.15) is 4.98 Å². The van der Waals surface area contributed by atoms with Crippen LogP contribution < -0.4 is 16.7 Å². The first-order valence-corrected chi connectivity index (χ1v) is 22.9. The third kappa shape index (κ3) is 13.8. The summed E-state index contributed by atoms with van der Waals surface area (Å²) in [5.41, 5.74) is 6.12. The lowest BCUT2D eigenvalue weighted by Crippen LogP contribution is -2.58. The molecule has 2 fully saturated rings. The van der Waals surface area contributed by atoms with Gasteiger partial charge in [-0.3, -0.25) is 9.36 Å². The van der Waals surface area contributed by atoms with Crippen LogP contribution in [-0.2, 0) is 38.0 Å². The van der Waals surface area contributed by atoms with Crippen molar-refractivity contribution < 1.29 is 52.3 Å². The van der Waals surface area contributed by atoms with Gasteiger partial charge in [0.2, 0.25) is 5.91 Å². The summed E-state index contributed by atoms with van der Waals surface area (Å²) >= 11 is 0. The van der Waals surface area contributed by atoms with Crippen LogP contribution in [0.2, 0.25) is 0 Å². The largest absolute Gasteiger partial charge is 0.459 e. The highest BCUT2D eigenvalue weighted by molar-refractivity contribution is 5.91. The average molecular weight is 911 g/mol. The Bertz CT molecular complexity index is 2210. The number of ether oxygens (including phenoxy) is 7. The van der Waals surface area contributed by atoms with Crippen LogP contribution in [0.3, 0.4) is 0 Å². The fourth-order valence-corrected chi connectivity index (χ4v) is 8.13. The number of carbonyl (C=O) groups excluding carboxylic acids is 4. The number of aromatic nitrogens is 2. The van der Waals surface area contributed by atoms with E-state index in [1.807, 2.05) is 6.92 Å². The predicted octanol–water partition coefficient (Wildman–Crippen LogP) is 6.69. The van der Waals surface area contributed by atoms with Crippen LogP contribution in [0, 0.1) is 11.8 Å². The lowest BCUT2D eigenvalue weighted by molar-refractivity contribution is -0.281. The van der Waals surface area contributed by atoms with Crippen molar-refractivity contribution in [2.75, 3.05) is 32.1 Å². The van der Waals surface area contributed by atoms with Gasteiger partial charge < -0.3 is 44.2 Å². The third-order valence-electron chi connectivity index (χ3n) is 11.9. The molecule has 0 aliphatic carbocycles. The first-order chi connectivity index (χ1) is 32.0. The second-order valence-electron chi connectivity index (χ2n) is 16.6. The van der Waals surface area contributed by atoms with Crippen molar-refractivity contribution in [3.05, 3.63) is 130 Å². The van der Waals surface area contributed by atoms with Crippen LogP contribution in [0.1, 0.15) is 109 Å².